The van der Waals surface area contributed by atoms with Gasteiger partial charge < -0.3 is 25.1 Å². The Balaban J connectivity index is 1.04. The summed E-state index contributed by atoms with van der Waals surface area (Å²) >= 11 is 0. The number of nitrogens with one attached hydrogen (secondary N) is 1. The van der Waals surface area contributed by atoms with E-state index in [1.807, 2.05) is 30.6 Å². The molecule has 0 amide bonds. The van der Waals surface area contributed by atoms with Crippen LogP contribution in [0.15, 0.2) is 73.3 Å². The molecular formula is C29H33N9O. The van der Waals surface area contributed by atoms with Gasteiger partial charge in [0.2, 0.25) is 17.8 Å². The molecule has 2 fully saturated rings. The molecule has 4 heterocycles. The zero-order valence-electron chi connectivity index (χ0n) is 21.9. The second-order valence-corrected chi connectivity index (χ2v) is 9.98. The van der Waals surface area contributed by atoms with E-state index in [0.29, 0.717) is 11.9 Å². The molecule has 10 heteroatoms. The molecule has 2 aromatic carbocycles. The van der Waals surface area contributed by atoms with Crippen molar-refractivity contribution in [3.05, 3.63) is 84.4 Å². The second kappa shape index (κ2) is 11.6. The van der Waals surface area contributed by atoms with Gasteiger partial charge in [0.25, 0.3) is 0 Å². The topological polar surface area (TPSA) is 106 Å². The summed E-state index contributed by atoms with van der Waals surface area (Å²) in [5, 5.41) is 12.9. The normalized spacial score (nSPS) is 17.5. The van der Waals surface area contributed by atoms with Crippen LogP contribution in [0.5, 0.6) is 0 Å². The molecule has 200 valence electrons. The minimum Gasteiger partial charge on any atom is -0.394 e. The first-order chi connectivity index (χ1) is 19.2. The molecule has 6 rings (SSSR count). The average Bonchev–Trinajstić information content (AvgIpc) is 3.48. The van der Waals surface area contributed by atoms with Gasteiger partial charge in [0.15, 0.2) is 0 Å². The van der Waals surface area contributed by atoms with E-state index in [0.717, 1.165) is 74.9 Å². The Morgan fingerprint density at radius 1 is 0.769 bits per heavy atom. The summed E-state index contributed by atoms with van der Waals surface area (Å²) in [6, 6.07) is 18.8. The van der Waals surface area contributed by atoms with Gasteiger partial charge in [-0.3, -0.25) is 0 Å². The molecule has 0 spiro atoms. The standard InChI is InChI=1S/C29H33N9O/c39-20-26-7-4-12-38(26)25-10-8-24(9-11-25)34-27-32-21-33-29(35-27)37-15-13-36(14-16-37)28-30-18-23(19-31-28)17-22-5-2-1-3-6-22/h1-3,5-6,8-11,18-19,21,26,39H,4,7,12-17,20H2,(H,32,33,34,35)/t26-/m1/s1. The summed E-state index contributed by atoms with van der Waals surface area (Å²) in [6.45, 7) is 4.30. The van der Waals surface area contributed by atoms with E-state index in [4.69, 9.17) is 0 Å². The van der Waals surface area contributed by atoms with Crippen molar-refractivity contribution in [1.29, 1.82) is 0 Å². The van der Waals surface area contributed by atoms with Gasteiger partial charge in [-0.2, -0.15) is 4.98 Å². The number of benzene rings is 2. The summed E-state index contributed by atoms with van der Waals surface area (Å²) in [7, 11) is 0. The van der Waals surface area contributed by atoms with Gasteiger partial charge >= 0.3 is 0 Å². The number of hydrogen-bond donors (Lipinski definition) is 2. The monoisotopic (exact) mass is 523 g/mol. The molecule has 2 saturated heterocycles. The highest BCUT2D eigenvalue weighted by Gasteiger charge is 2.24. The molecule has 1 atom stereocenters. The maximum absolute atomic E-state index is 9.62. The number of anilines is 5. The van der Waals surface area contributed by atoms with E-state index in [9.17, 15) is 5.11 Å². The summed E-state index contributed by atoms with van der Waals surface area (Å²) in [5.41, 5.74) is 4.40. The van der Waals surface area contributed by atoms with Crippen LogP contribution in [0, 0.1) is 0 Å². The van der Waals surface area contributed by atoms with E-state index in [1.165, 1.54) is 5.56 Å². The van der Waals surface area contributed by atoms with Crippen LogP contribution in [0.1, 0.15) is 24.0 Å². The molecule has 2 aliphatic rings. The zero-order valence-corrected chi connectivity index (χ0v) is 21.9. The van der Waals surface area contributed by atoms with E-state index in [-0.39, 0.29) is 12.6 Å². The number of nitrogens with zero attached hydrogens (tertiary/aromatic N) is 8. The Labute approximate surface area is 228 Å². The maximum atomic E-state index is 9.62. The number of aromatic nitrogens is 5. The Morgan fingerprint density at radius 2 is 1.49 bits per heavy atom. The predicted molar refractivity (Wildman–Crippen MR) is 153 cm³/mol. The highest BCUT2D eigenvalue weighted by Crippen LogP contribution is 2.27. The van der Waals surface area contributed by atoms with Crippen LogP contribution in [0.2, 0.25) is 0 Å². The first-order valence-corrected chi connectivity index (χ1v) is 13.5. The van der Waals surface area contributed by atoms with Gasteiger partial charge in [0, 0.05) is 62.9 Å². The van der Waals surface area contributed by atoms with Crippen molar-refractivity contribution in [2.24, 2.45) is 0 Å². The third-order valence-corrected chi connectivity index (χ3v) is 7.39. The minimum absolute atomic E-state index is 0.190. The Hall–Kier alpha value is -4.31. The number of aliphatic hydroxyl groups excluding tert-OH is 1. The van der Waals surface area contributed by atoms with Crippen LogP contribution in [-0.2, 0) is 6.42 Å². The van der Waals surface area contributed by atoms with Crippen molar-refractivity contribution in [3.8, 4) is 0 Å². The maximum Gasteiger partial charge on any atom is 0.231 e. The van der Waals surface area contributed by atoms with Gasteiger partial charge in [0.1, 0.15) is 6.33 Å². The molecule has 0 radical (unpaired) electrons. The lowest BCUT2D eigenvalue weighted by molar-refractivity contribution is 0.266. The zero-order chi connectivity index (χ0) is 26.4. The Bertz CT molecular complexity index is 1340. The van der Waals surface area contributed by atoms with Crippen molar-refractivity contribution in [3.63, 3.8) is 0 Å². The molecule has 0 unspecified atom stereocenters. The Morgan fingerprint density at radius 3 is 2.21 bits per heavy atom. The largest absolute Gasteiger partial charge is 0.394 e. The van der Waals surface area contributed by atoms with Gasteiger partial charge in [-0.15, -0.1) is 0 Å². The van der Waals surface area contributed by atoms with Crippen molar-refractivity contribution >= 4 is 29.2 Å². The van der Waals surface area contributed by atoms with E-state index >= 15 is 0 Å². The molecule has 2 N–H and O–H groups in total. The molecule has 0 aliphatic carbocycles. The van der Waals surface area contributed by atoms with Gasteiger partial charge in [-0.1, -0.05) is 30.3 Å². The molecule has 39 heavy (non-hydrogen) atoms. The molecule has 2 aliphatic heterocycles. The van der Waals surface area contributed by atoms with Crippen LogP contribution in [0.4, 0.5) is 29.2 Å². The van der Waals surface area contributed by atoms with Crippen molar-refractivity contribution in [1.82, 2.24) is 24.9 Å². The lowest BCUT2D eigenvalue weighted by Crippen LogP contribution is -2.47. The smallest absolute Gasteiger partial charge is 0.231 e. The first kappa shape index (κ1) is 25.0. The predicted octanol–water partition coefficient (Wildman–Crippen LogP) is 3.28. The fraction of sp³-hybridized carbons (Fsp3) is 0.345. The van der Waals surface area contributed by atoms with Crippen LogP contribution in [0.25, 0.3) is 0 Å². The minimum atomic E-state index is 0.190. The summed E-state index contributed by atoms with van der Waals surface area (Å²) in [5.74, 6) is 1.93. The van der Waals surface area contributed by atoms with Crippen molar-refractivity contribution < 1.29 is 5.11 Å². The lowest BCUT2D eigenvalue weighted by atomic mass is 10.1. The summed E-state index contributed by atoms with van der Waals surface area (Å²) in [6.07, 6.45) is 8.38. The fourth-order valence-corrected chi connectivity index (χ4v) is 5.27. The van der Waals surface area contributed by atoms with Crippen molar-refractivity contribution in [2.75, 3.05) is 59.3 Å². The molecule has 10 nitrogen and oxygen atoms in total. The van der Waals surface area contributed by atoms with E-state index < -0.39 is 0 Å². The Kier molecular flexibility index (Phi) is 7.44. The molecule has 4 aromatic rings. The van der Waals surface area contributed by atoms with E-state index in [1.54, 1.807) is 6.33 Å². The lowest BCUT2D eigenvalue weighted by Gasteiger charge is -2.34. The van der Waals surface area contributed by atoms with Crippen LogP contribution in [-0.4, -0.2) is 75.4 Å². The number of piperazine rings is 1. The fourth-order valence-electron chi connectivity index (χ4n) is 5.27. The van der Waals surface area contributed by atoms with E-state index in [2.05, 4.69) is 81.3 Å². The number of aliphatic hydroxyl groups is 1. The molecule has 2 aromatic heterocycles. The highest BCUT2D eigenvalue weighted by atomic mass is 16.3. The van der Waals surface area contributed by atoms with Gasteiger partial charge in [-0.25, -0.2) is 19.9 Å². The van der Waals surface area contributed by atoms with Crippen molar-refractivity contribution in [2.45, 2.75) is 25.3 Å². The van der Waals surface area contributed by atoms with Gasteiger partial charge in [-0.05, 0) is 48.2 Å². The molecular weight excluding hydrogens is 490 g/mol. The first-order valence-electron chi connectivity index (χ1n) is 13.5. The average molecular weight is 524 g/mol. The second-order valence-electron chi connectivity index (χ2n) is 9.98. The third-order valence-electron chi connectivity index (χ3n) is 7.39. The number of hydrogen-bond acceptors (Lipinski definition) is 10. The van der Waals surface area contributed by atoms with Gasteiger partial charge in [0.05, 0.1) is 12.6 Å². The summed E-state index contributed by atoms with van der Waals surface area (Å²) in [4.78, 5) is 29.3. The highest BCUT2D eigenvalue weighted by molar-refractivity contribution is 5.60. The SMILES string of the molecule is OC[C@H]1CCCN1c1ccc(Nc2ncnc(N3CCN(c4ncc(Cc5ccccc5)cn4)CC3)n2)cc1. The molecule has 0 bridgehead atoms. The summed E-state index contributed by atoms with van der Waals surface area (Å²) < 4.78 is 0. The quantitative estimate of drug-likeness (QED) is 0.357. The third kappa shape index (κ3) is 5.91. The number of rotatable bonds is 8. The van der Waals surface area contributed by atoms with Crippen LogP contribution >= 0.6 is 0 Å². The van der Waals surface area contributed by atoms with Crippen LogP contribution in [0.3, 0.4) is 0 Å². The molecule has 0 saturated carbocycles. The van der Waals surface area contributed by atoms with Crippen LogP contribution < -0.4 is 20.0 Å².